The molecule has 1 aromatic heterocycles. The standard InChI is InChI=1S/C15H12FN5OS/c16-11-7-4-8-12(9-11)21-15(18-19-20-21)23-13(14(17)22)10-5-2-1-3-6-10/h1-9,13H,(H2,17,22)/t13-/m1/s1. The van der Waals surface area contributed by atoms with Crippen molar-refractivity contribution in [2.75, 3.05) is 0 Å². The van der Waals surface area contributed by atoms with Crippen LogP contribution in [0.2, 0.25) is 0 Å². The van der Waals surface area contributed by atoms with E-state index in [1.54, 1.807) is 24.3 Å². The lowest BCUT2D eigenvalue weighted by molar-refractivity contribution is -0.117. The molecule has 3 aromatic rings. The van der Waals surface area contributed by atoms with Crippen molar-refractivity contribution < 1.29 is 9.18 Å². The first kappa shape index (κ1) is 15.2. The van der Waals surface area contributed by atoms with Gasteiger partial charge in [-0.1, -0.05) is 48.2 Å². The second-order valence-corrected chi connectivity index (χ2v) is 5.74. The Morgan fingerprint density at radius 1 is 1.17 bits per heavy atom. The van der Waals surface area contributed by atoms with Crippen LogP contribution in [0.3, 0.4) is 0 Å². The van der Waals surface area contributed by atoms with Crippen molar-refractivity contribution in [1.29, 1.82) is 0 Å². The fourth-order valence-corrected chi connectivity index (χ4v) is 2.99. The summed E-state index contributed by atoms with van der Waals surface area (Å²) >= 11 is 1.11. The first-order valence-corrected chi connectivity index (χ1v) is 7.58. The van der Waals surface area contributed by atoms with E-state index in [2.05, 4.69) is 15.5 Å². The van der Waals surface area contributed by atoms with E-state index in [1.165, 1.54) is 16.8 Å². The lowest BCUT2D eigenvalue weighted by Crippen LogP contribution is -2.19. The summed E-state index contributed by atoms with van der Waals surface area (Å²) in [6.45, 7) is 0. The van der Waals surface area contributed by atoms with Crippen LogP contribution in [0.1, 0.15) is 10.8 Å². The zero-order valence-corrected chi connectivity index (χ0v) is 12.7. The topological polar surface area (TPSA) is 86.7 Å². The van der Waals surface area contributed by atoms with Gasteiger partial charge in [-0.15, -0.1) is 5.10 Å². The number of halogens is 1. The first-order valence-electron chi connectivity index (χ1n) is 6.70. The maximum atomic E-state index is 13.4. The molecular weight excluding hydrogens is 317 g/mol. The van der Waals surface area contributed by atoms with Gasteiger partial charge in [-0.05, 0) is 34.2 Å². The number of benzene rings is 2. The van der Waals surface area contributed by atoms with E-state index in [0.717, 1.165) is 17.3 Å². The van der Waals surface area contributed by atoms with Crippen molar-refractivity contribution in [2.24, 2.45) is 5.73 Å². The number of nitrogens with zero attached hydrogens (tertiary/aromatic N) is 4. The predicted octanol–water partition coefficient (Wildman–Crippen LogP) is 2.12. The third-order valence-corrected chi connectivity index (χ3v) is 4.28. The number of thioether (sulfide) groups is 1. The summed E-state index contributed by atoms with van der Waals surface area (Å²) < 4.78 is 14.8. The Morgan fingerprint density at radius 2 is 1.96 bits per heavy atom. The molecule has 0 saturated heterocycles. The third kappa shape index (κ3) is 3.37. The summed E-state index contributed by atoms with van der Waals surface area (Å²) in [4.78, 5) is 11.8. The number of primary amides is 1. The minimum Gasteiger partial charge on any atom is -0.368 e. The molecular formula is C15H12FN5OS. The van der Waals surface area contributed by atoms with Crippen LogP contribution in [0, 0.1) is 5.82 Å². The van der Waals surface area contributed by atoms with Crippen molar-refractivity contribution in [1.82, 2.24) is 20.2 Å². The monoisotopic (exact) mass is 329 g/mol. The Hall–Kier alpha value is -2.74. The van der Waals surface area contributed by atoms with Crippen LogP contribution < -0.4 is 5.73 Å². The normalized spacial score (nSPS) is 12.0. The zero-order chi connectivity index (χ0) is 16.2. The zero-order valence-electron chi connectivity index (χ0n) is 11.8. The van der Waals surface area contributed by atoms with Crippen molar-refractivity contribution in [3.63, 3.8) is 0 Å². The molecule has 1 heterocycles. The summed E-state index contributed by atoms with van der Waals surface area (Å²) in [6, 6.07) is 15.0. The van der Waals surface area contributed by atoms with Crippen LogP contribution in [0.25, 0.3) is 5.69 Å². The second kappa shape index (κ2) is 6.57. The quantitative estimate of drug-likeness (QED) is 0.725. The number of aromatic nitrogens is 4. The van der Waals surface area contributed by atoms with Crippen molar-refractivity contribution in [3.8, 4) is 5.69 Å². The number of carbonyl (C=O) groups excluding carboxylic acids is 1. The van der Waals surface area contributed by atoms with Gasteiger partial charge in [0, 0.05) is 0 Å². The maximum Gasteiger partial charge on any atom is 0.235 e. The van der Waals surface area contributed by atoms with Crippen LogP contribution in [0.15, 0.2) is 59.8 Å². The number of tetrazole rings is 1. The highest BCUT2D eigenvalue weighted by Crippen LogP contribution is 2.34. The van der Waals surface area contributed by atoms with Gasteiger partial charge in [0.25, 0.3) is 0 Å². The van der Waals surface area contributed by atoms with Gasteiger partial charge in [0.1, 0.15) is 11.1 Å². The Labute approximate surface area is 135 Å². The molecule has 0 radical (unpaired) electrons. The predicted molar refractivity (Wildman–Crippen MR) is 83.3 cm³/mol. The van der Waals surface area contributed by atoms with E-state index >= 15 is 0 Å². The molecule has 0 unspecified atom stereocenters. The summed E-state index contributed by atoms with van der Waals surface area (Å²) in [5.41, 5.74) is 6.72. The van der Waals surface area contributed by atoms with E-state index in [1.807, 2.05) is 18.2 Å². The molecule has 0 aliphatic carbocycles. The Bertz CT molecular complexity index is 823. The van der Waals surface area contributed by atoms with E-state index in [4.69, 9.17) is 5.73 Å². The number of hydrogen-bond donors (Lipinski definition) is 1. The number of rotatable bonds is 5. The van der Waals surface area contributed by atoms with Crippen LogP contribution in [0.4, 0.5) is 4.39 Å². The van der Waals surface area contributed by atoms with Gasteiger partial charge in [-0.2, -0.15) is 4.68 Å². The van der Waals surface area contributed by atoms with E-state index < -0.39 is 17.0 Å². The molecule has 1 amide bonds. The van der Waals surface area contributed by atoms with Crippen LogP contribution >= 0.6 is 11.8 Å². The highest BCUT2D eigenvalue weighted by atomic mass is 32.2. The molecule has 2 aromatic carbocycles. The largest absolute Gasteiger partial charge is 0.368 e. The molecule has 23 heavy (non-hydrogen) atoms. The number of hydrogen-bond acceptors (Lipinski definition) is 5. The Morgan fingerprint density at radius 3 is 2.65 bits per heavy atom. The molecule has 116 valence electrons. The van der Waals surface area contributed by atoms with Crippen molar-refractivity contribution >= 4 is 17.7 Å². The number of nitrogens with two attached hydrogens (primary N) is 1. The molecule has 1 atom stereocenters. The van der Waals surface area contributed by atoms with E-state index in [-0.39, 0.29) is 0 Å². The average molecular weight is 329 g/mol. The van der Waals surface area contributed by atoms with Crippen LogP contribution in [-0.2, 0) is 4.79 Å². The number of amides is 1. The van der Waals surface area contributed by atoms with Crippen molar-refractivity contribution in [2.45, 2.75) is 10.4 Å². The van der Waals surface area contributed by atoms with Gasteiger partial charge in [-0.3, -0.25) is 4.79 Å². The Kier molecular flexibility index (Phi) is 4.33. The lowest BCUT2D eigenvalue weighted by atomic mass is 10.1. The maximum absolute atomic E-state index is 13.4. The SMILES string of the molecule is NC(=O)[C@H](Sc1nnnn1-c1cccc(F)c1)c1ccccc1. The molecule has 0 saturated carbocycles. The van der Waals surface area contributed by atoms with E-state index in [9.17, 15) is 9.18 Å². The fourth-order valence-electron chi connectivity index (χ4n) is 2.05. The fraction of sp³-hybridized carbons (Fsp3) is 0.0667. The van der Waals surface area contributed by atoms with Gasteiger partial charge in [-0.25, -0.2) is 4.39 Å². The number of carbonyl (C=O) groups is 1. The van der Waals surface area contributed by atoms with Crippen molar-refractivity contribution in [3.05, 3.63) is 66.0 Å². The lowest BCUT2D eigenvalue weighted by Gasteiger charge is -2.12. The molecule has 3 rings (SSSR count). The van der Waals surface area contributed by atoms with Gasteiger partial charge < -0.3 is 5.73 Å². The second-order valence-electron chi connectivity index (χ2n) is 4.66. The summed E-state index contributed by atoms with van der Waals surface area (Å²) in [6.07, 6.45) is 0. The minimum atomic E-state index is -0.644. The van der Waals surface area contributed by atoms with Gasteiger partial charge >= 0.3 is 0 Å². The van der Waals surface area contributed by atoms with E-state index in [0.29, 0.717) is 10.8 Å². The van der Waals surface area contributed by atoms with Crippen LogP contribution in [-0.4, -0.2) is 26.1 Å². The van der Waals surface area contributed by atoms with Gasteiger partial charge in [0.2, 0.25) is 11.1 Å². The van der Waals surface area contributed by atoms with Gasteiger partial charge in [0.15, 0.2) is 0 Å². The molecule has 0 fully saturated rings. The first-order chi connectivity index (χ1) is 11.1. The Balaban J connectivity index is 1.94. The summed E-state index contributed by atoms with van der Waals surface area (Å²) in [5.74, 6) is -0.904. The third-order valence-electron chi connectivity index (χ3n) is 3.08. The van der Waals surface area contributed by atoms with Gasteiger partial charge in [0.05, 0.1) is 5.69 Å². The minimum absolute atomic E-state index is 0.350. The van der Waals surface area contributed by atoms with Crippen LogP contribution in [0.5, 0.6) is 0 Å². The molecule has 0 aliphatic heterocycles. The molecule has 8 heteroatoms. The smallest absolute Gasteiger partial charge is 0.235 e. The average Bonchev–Trinajstić information content (AvgIpc) is 3.01. The molecule has 6 nitrogen and oxygen atoms in total. The molecule has 0 spiro atoms. The summed E-state index contributed by atoms with van der Waals surface area (Å²) in [7, 11) is 0. The molecule has 0 bridgehead atoms. The highest BCUT2D eigenvalue weighted by Gasteiger charge is 2.23. The highest BCUT2D eigenvalue weighted by molar-refractivity contribution is 8.00. The molecule has 0 aliphatic rings. The molecule has 2 N–H and O–H groups in total. The summed E-state index contributed by atoms with van der Waals surface area (Å²) in [5, 5.41) is 11.1.